The van der Waals surface area contributed by atoms with E-state index in [1.807, 2.05) is 51.1 Å². The largest absolute Gasteiger partial charge is 0.444 e. The van der Waals surface area contributed by atoms with E-state index in [2.05, 4.69) is 19.2 Å². The highest BCUT2D eigenvalue weighted by molar-refractivity contribution is 7.99. The van der Waals surface area contributed by atoms with Crippen molar-refractivity contribution in [3.05, 3.63) is 36.5 Å². The van der Waals surface area contributed by atoms with E-state index in [0.29, 0.717) is 11.4 Å². The highest BCUT2D eigenvalue weighted by Gasteiger charge is 2.54. The molecule has 3 heterocycles. The van der Waals surface area contributed by atoms with Crippen LogP contribution in [0.2, 0.25) is 0 Å². The summed E-state index contributed by atoms with van der Waals surface area (Å²) < 4.78 is 7.15. The van der Waals surface area contributed by atoms with Crippen molar-refractivity contribution in [1.82, 2.24) is 19.7 Å². The van der Waals surface area contributed by atoms with E-state index in [4.69, 9.17) is 17.0 Å². The van der Waals surface area contributed by atoms with Crippen LogP contribution in [0.25, 0.3) is 10.9 Å². The Morgan fingerprint density at radius 1 is 1.24 bits per heavy atom. The van der Waals surface area contributed by atoms with Gasteiger partial charge in [0.1, 0.15) is 17.7 Å². The monoisotopic (exact) mass is 558 g/mol. The van der Waals surface area contributed by atoms with Crippen LogP contribution in [0.5, 0.6) is 0 Å². The number of hydrogen-bond acceptors (Lipinski definition) is 6. The van der Waals surface area contributed by atoms with Crippen molar-refractivity contribution in [1.29, 1.82) is 0 Å². The highest BCUT2D eigenvalue weighted by atomic mass is 32.2. The van der Waals surface area contributed by atoms with E-state index in [9.17, 15) is 14.4 Å². The summed E-state index contributed by atoms with van der Waals surface area (Å²) in [4.78, 5) is 44.2. The van der Waals surface area contributed by atoms with Crippen molar-refractivity contribution in [2.24, 2.45) is 5.41 Å². The number of carbonyl (C=O) groups excluding carboxylic acids is 3. The quantitative estimate of drug-likeness (QED) is 0.534. The van der Waals surface area contributed by atoms with Gasteiger partial charge >= 0.3 is 6.09 Å². The molecule has 4 rings (SSSR count). The van der Waals surface area contributed by atoms with Crippen molar-refractivity contribution in [3.63, 3.8) is 0 Å². The molecule has 2 saturated heterocycles. The summed E-state index contributed by atoms with van der Waals surface area (Å²) in [7, 11) is 1.63. The molecule has 10 heteroatoms. The summed E-state index contributed by atoms with van der Waals surface area (Å²) in [5.41, 5.74) is -0.192. The van der Waals surface area contributed by atoms with Crippen molar-refractivity contribution < 1.29 is 19.1 Å². The Kier molecular flexibility index (Phi) is 7.87. The molecule has 0 radical (unpaired) electrons. The Morgan fingerprint density at radius 3 is 2.61 bits per heavy atom. The number of para-hydroxylation sites is 1. The number of rotatable bonds is 4. The number of ether oxygens (including phenoxy) is 1. The maximum absolute atomic E-state index is 14.0. The molecule has 2 aliphatic rings. The number of carbonyl (C=O) groups is 3. The smallest absolute Gasteiger partial charge is 0.410 e. The predicted molar refractivity (Wildman–Crippen MR) is 155 cm³/mol. The molecule has 0 bridgehead atoms. The summed E-state index contributed by atoms with van der Waals surface area (Å²) in [6.45, 7) is 11.4. The molecule has 1 aromatic carbocycles. The number of thiocarbonyl (C=S) groups is 1. The normalized spacial score (nSPS) is 23.9. The van der Waals surface area contributed by atoms with E-state index in [1.165, 1.54) is 4.90 Å². The number of nitrogens with zero attached hydrogens (tertiary/aromatic N) is 3. The van der Waals surface area contributed by atoms with E-state index in [0.717, 1.165) is 23.1 Å². The maximum Gasteiger partial charge on any atom is 0.410 e. The van der Waals surface area contributed by atoms with Gasteiger partial charge in [-0.15, -0.1) is 11.8 Å². The number of hydrogen-bond donors (Lipinski definition) is 1. The van der Waals surface area contributed by atoms with Gasteiger partial charge in [-0.05, 0) is 63.8 Å². The minimum Gasteiger partial charge on any atom is -0.444 e. The Morgan fingerprint density at radius 2 is 1.92 bits per heavy atom. The molecule has 206 valence electrons. The first kappa shape index (κ1) is 28.4. The number of thioether (sulfide) groups is 1. The molecule has 38 heavy (non-hydrogen) atoms. The van der Waals surface area contributed by atoms with Crippen LogP contribution in [-0.2, 0) is 9.53 Å². The third kappa shape index (κ3) is 5.57. The van der Waals surface area contributed by atoms with Gasteiger partial charge in [-0.2, -0.15) is 0 Å². The lowest BCUT2D eigenvalue weighted by Gasteiger charge is -2.35. The molecule has 2 aromatic rings. The molecule has 0 spiro atoms. The molecule has 2 fully saturated rings. The van der Waals surface area contributed by atoms with E-state index >= 15 is 0 Å². The minimum absolute atomic E-state index is 0.0875. The number of aromatic nitrogens is 1. The first-order chi connectivity index (χ1) is 17.7. The molecule has 1 aromatic heterocycles. The van der Waals surface area contributed by atoms with Crippen LogP contribution in [0.3, 0.4) is 0 Å². The molecular weight excluding hydrogens is 520 g/mol. The summed E-state index contributed by atoms with van der Waals surface area (Å²) >= 11 is 7.36. The van der Waals surface area contributed by atoms with E-state index in [1.54, 1.807) is 41.4 Å². The van der Waals surface area contributed by atoms with Crippen molar-refractivity contribution in [2.75, 3.05) is 12.8 Å². The number of fused-ring (bicyclic) bond motifs is 2. The molecule has 0 unspecified atom stereocenters. The number of amides is 2. The van der Waals surface area contributed by atoms with Gasteiger partial charge in [-0.25, -0.2) is 4.79 Å². The molecule has 8 nitrogen and oxygen atoms in total. The molecule has 0 saturated carbocycles. The second-order valence-electron chi connectivity index (χ2n) is 11.9. The Bertz CT molecular complexity index is 1250. The van der Waals surface area contributed by atoms with Crippen LogP contribution < -0.4 is 5.32 Å². The fraction of sp³-hybridized carbons (Fsp3) is 0.571. The zero-order valence-electron chi connectivity index (χ0n) is 23.2. The van der Waals surface area contributed by atoms with Gasteiger partial charge in [0, 0.05) is 18.6 Å². The van der Waals surface area contributed by atoms with Gasteiger partial charge in [0.05, 0.1) is 21.9 Å². The van der Waals surface area contributed by atoms with Crippen molar-refractivity contribution >= 4 is 57.8 Å². The molecule has 0 aliphatic carbocycles. The van der Waals surface area contributed by atoms with Crippen LogP contribution in [0.15, 0.2) is 36.5 Å². The van der Waals surface area contributed by atoms with Crippen LogP contribution in [0.4, 0.5) is 4.79 Å². The Labute approximate surface area is 234 Å². The fourth-order valence-electron chi connectivity index (χ4n) is 5.19. The summed E-state index contributed by atoms with van der Waals surface area (Å²) in [5, 5.41) is 4.13. The van der Waals surface area contributed by atoms with Gasteiger partial charge in [0.15, 0.2) is 0 Å². The van der Waals surface area contributed by atoms with Crippen LogP contribution in [0, 0.1) is 5.41 Å². The third-order valence-electron chi connectivity index (χ3n) is 7.33. The van der Waals surface area contributed by atoms with E-state index < -0.39 is 35.2 Å². The molecule has 1 N–H and O–H groups in total. The lowest BCUT2D eigenvalue weighted by atomic mass is 9.84. The number of benzene rings is 1. The first-order valence-electron chi connectivity index (χ1n) is 13.0. The number of likely N-dealkylation sites (N-methyl/N-ethyl adjacent to an activating group) is 1. The SMILES string of the molecule is C[C@@H](C(=S)N[C@H]1CCS[C@H]2CC(C)(C)[C@@H](C(=O)n3ccc4ccccc43)N2C1=O)N(C)C(=O)OC(C)(C)C. The molecule has 2 aliphatic heterocycles. The maximum atomic E-state index is 14.0. The van der Waals surface area contributed by atoms with Gasteiger partial charge in [0.2, 0.25) is 5.91 Å². The average molecular weight is 559 g/mol. The summed E-state index contributed by atoms with van der Waals surface area (Å²) in [6.07, 6.45) is 2.62. The fourth-order valence-corrected chi connectivity index (χ4v) is 7.07. The second kappa shape index (κ2) is 10.5. The third-order valence-corrected chi connectivity index (χ3v) is 9.04. The van der Waals surface area contributed by atoms with Crippen LogP contribution in [-0.4, -0.2) is 79.2 Å². The highest BCUT2D eigenvalue weighted by Crippen LogP contribution is 2.47. The lowest BCUT2D eigenvalue weighted by molar-refractivity contribution is -0.134. The van der Waals surface area contributed by atoms with Crippen LogP contribution in [0.1, 0.15) is 59.2 Å². The van der Waals surface area contributed by atoms with Crippen molar-refractivity contribution in [3.8, 4) is 0 Å². The Hall–Kier alpha value is -2.59. The predicted octanol–water partition coefficient (Wildman–Crippen LogP) is 4.91. The average Bonchev–Trinajstić information content (AvgIpc) is 3.34. The zero-order chi connectivity index (χ0) is 28.0. The molecule has 2 amide bonds. The first-order valence-corrected chi connectivity index (χ1v) is 14.5. The number of nitrogens with one attached hydrogen (secondary N) is 1. The van der Waals surface area contributed by atoms with Crippen molar-refractivity contribution in [2.45, 2.75) is 83.5 Å². The van der Waals surface area contributed by atoms with Gasteiger partial charge in [0.25, 0.3) is 5.91 Å². The van der Waals surface area contributed by atoms with Gasteiger partial charge < -0.3 is 19.9 Å². The Balaban J connectivity index is 1.55. The van der Waals surface area contributed by atoms with E-state index in [-0.39, 0.29) is 17.2 Å². The molecule has 4 atom stereocenters. The zero-order valence-corrected chi connectivity index (χ0v) is 24.8. The van der Waals surface area contributed by atoms with Gasteiger partial charge in [-0.1, -0.05) is 44.3 Å². The topological polar surface area (TPSA) is 83.9 Å². The van der Waals surface area contributed by atoms with Crippen LogP contribution >= 0.6 is 24.0 Å². The van der Waals surface area contributed by atoms with Gasteiger partial charge in [-0.3, -0.25) is 14.2 Å². The minimum atomic E-state index is -0.626. The second-order valence-corrected chi connectivity index (χ2v) is 13.6. The lowest BCUT2D eigenvalue weighted by Crippen LogP contribution is -2.57. The summed E-state index contributed by atoms with van der Waals surface area (Å²) in [6, 6.07) is 8.03. The standard InChI is InChI=1S/C28H38N4O4S2/c1-17(30(7)26(35)36-27(2,3)4)23(37)29-19-13-15-38-21-16-28(5,6)22(32(21)24(19)33)25(34)31-14-12-18-10-8-9-11-20(18)31/h8-12,14,17,19,21-22H,13,15-16H2,1-7H3,(H,29,37)/t17-,19-,21-,22+/m0/s1. The summed E-state index contributed by atoms with van der Waals surface area (Å²) in [5.74, 6) is 0.524. The molecular formula is C28H38N4O4S2.